The summed E-state index contributed by atoms with van der Waals surface area (Å²) in [4.78, 5) is 14.9. The van der Waals surface area contributed by atoms with Gasteiger partial charge in [0, 0.05) is 30.1 Å². The summed E-state index contributed by atoms with van der Waals surface area (Å²) in [6, 6.07) is 19.8. The Bertz CT molecular complexity index is 1150. The Kier molecular flexibility index (Phi) is 6.86. The average Bonchev–Trinajstić information content (AvgIpc) is 2.85. The van der Waals surface area contributed by atoms with Crippen molar-refractivity contribution in [3.05, 3.63) is 87.4 Å². The van der Waals surface area contributed by atoms with Crippen LogP contribution in [0, 0.1) is 11.3 Å². The van der Waals surface area contributed by atoms with E-state index in [0.29, 0.717) is 47.8 Å². The van der Waals surface area contributed by atoms with E-state index in [4.69, 9.17) is 21.1 Å². The molecule has 0 saturated heterocycles. The molecule has 0 N–H and O–H groups in total. The number of fused-ring (bicyclic) bond motifs is 1. The third kappa shape index (κ3) is 4.81. The van der Waals surface area contributed by atoms with E-state index in [-0.39, 0.29) is 5.78 Å². The first-order chi connectivity index (χ1) is 16.0. The summed E-state index contributed by atoms with van der Waals surface area (Å²) >= 11 is 6.65. The van der Waals surface area contributed by atoms with Crippen molar-refractivity contribution in [1.82, 2.24) is 0 Å². The Morgan fingerprint density at radius 2 is 1.48 bits per heavy atom. The van der Waals surface area contributed by atoms with Crippen LogP contribution in [0.3, 0.4) is 0 Å². The van der Waals surface area contributed by atoms with E-state index in [1.807, 2.05) is 54.6 Å². The van der Waals surface area contributed by atoms with E-state index in [1.165, 1.54) is 0 Å². The second-order valence-electron chi connectivity index (χ2n) is 8.05. The van der Waals surface area contributed by atoms with E-state index in [9.17, 15) is 10.1 Å². The minimum absolute atomic E-state index is 0.00889. The fraction of sp³-hybridized carbons (Fsp3) is 0.259. The molecule has 0 heterocycles. The number of hydrogen-bond acceptors (Lipinski definition) is 5. The number of Topliss-reactive ketones (excluding diaryl/α,β-unsaturated/α-hetero) is 1. The third-order valence-corrected chi connectivity index (χ3v) is 6.32. The summed E-state index contributed by atoms with van der Waals surface area (Å²) in [5, 5.41) is 10.6. The van der Waals surface area contributed by atoms with Gasteiger partial charge in [0.15, 0.2) is 5.78 Å². The van der Waals surface area contributed by atoms with Crippen LogP contribution in [-0.2, 0) is 19.5 Å². The Balaban J connectivity index is 1.79. The lowest BCUT2D eigenvalue weighted by molar-refractivity contribution is 0.0972. The molecule has 3 aromatic carbocycles. The second kappa shape index (κ2) is 9.97. The van der Waals surface area contributed by atoms with E-state index in [1.54, 1.807) is 14.2 Å². The summed E-state index contributed by atoms with van der Waals surface area (Å²) in [6.07, 6.45) is 1.92. The van der Waals surface area contributed by atoms with Gasteiger partial charge in [-0.15, -0.1) is 0 Å². The number of halogens is 1. The van der Waals surface area contributed by atoms with Gasteiger partial charge < -0.3 is 14.4 Å². The van der Waals surface area contributed by atoms with Crippen molar-refractivity contribution in [2.75, 3.05) is 19.1 Å². The number of ether oxygens (including phenoxy) is 2. The lowest BCUT2D eigenvalue weighted by Gasteiger charge is -2.29. The molecule has 6 heteroatoms. The number of methoxy groups -OCH3 is 2. The van der Waals surface area contributed by atoms with Crippen molar-refractivity contribution in [3.8, 4) is 17.6 Å². The largest absolute Gasteiger partial charge is 0.497 e. The van der Waals surface area contributed by atoms with Gasteiger partial charge in [-0.05, 0) is 59.9 Å². The van der Waals surface area contributed by atoms with Crippen LogP contribution in [0.4, 0.5) is 5.69 Å². The molecule has 1 aliphatic rings. The molecule has 0 unspecified atom stereocenters. The molecule has 0 aromatic heterocycles. The average molecular weight is 461 g/mol. The van der Waals surface area contributed by atoms with Crippen LogP contribution in [0.15, 0.2) is 54.6 Å². The topological polar surface area (TPSA) is 62.6 Å². The third-order valence-electron chi connectivity index (χ3n) is 5.99. The summed E-state index contributed by atoms with van der Waals surface area (Å²) in [5.41, 5.74) is 4.45. The molecule has 4 rings (SSSR count). The van der Waals surface area contributed by atoms with Gasteiger partial charge in [0.1, 0.15) is 17.6 Å². The van der Waals surface area contributed by atoms with Gasteiger partial charge in [-0.3, -0.25) is 4.79 Å². The maximum Gasteiger partial charge on any atom is 0.164 e. The van der Waals surface area contributed by atoms with Crippen LogP contribution < -0.4 is 14.4 Å². The summed E-state index contributed by atoms with van der Waals surface area (Å²) in [7, 11) is 3.27. The summed E-state index contributed by atoms with van der Waals surface area (Å²) in [5.74, 6) is 1.55. The molecule has 1 aliphatic carbocycles. The first-order valence-corrected chi connectivity index (χ1v) is 11.2. The highest BCUT2D eigenvalue weighted by molar-refractivity contribution is 6.32. The van der Waals surface area contributed by atoms with Crippen LogP contribution in [-0.4, -0.2) is 20.0 Å². The predicted molar refractivity (Wildman–Crippen MR) is 129 cm³/mol. The van der Waals surface area contributed by atoms with Gasteiger partial charge >= 0.3 is 0 Å². The van der Waals surface area contributed by atoms with Crippen molar-refractivity contribution >= 4 is 23.1 Å². The molecule has 0 aliphatic heterocycles. The lowest BCUT2D eigenvalue weighted by atomic mass is 9.86. The molecule has 0 amide bonds. The highest BCUT2D eigenvalue weighted by Gasteiger charge is 2.27. The van der Waals surface area contributed by atoms with Gasteiger partial charge in [-0.2, -0.15) is 5.26 Å². The number of nitriles is 1. The zero-order valence-corrected chi connectivity index (χ0v) is 19.5. The molecule has 33 heavy (non-hydrogen) atoms. The molecule has 168 valence electrons. The fourth-order valence-electron chi connectivity index (χ4n) is 4.27. The van der Waals surface area contributed by atoms with Crippen molar-refractivity contribution in [2.45, 2.75) is 32.4 Å². The monoisotopic (exact) mass is 460 g/mol. The minimum atomic E-state index is -0.00889. The van der Waals surface area contributed by atoms with Crippen LogP contribution in [0.2, 0.25) is 5.02 Å². The van der Waals surface area contributed by atoms with Crippen LogP contribution in [0.5, 0.6) is 11.5 Å². The van der Waals surface area contributed by atoms with Crippen molar-refractivity contribution in [3.63, 3.8) is 0 Å². The molecular weight excluding hydrogens is 436 g/mol. The summed E-state index contributed by atoms with van der Waals surface area (Å²) < 4.78 is 10.6. The molecule has 0 saturated carbocycles. The maximum absolute atomic E-state index is 12.8. The molecule has 5 nitrogen and oxygen atoms in total. The van der Waals surface area contributed by atoms with E-state index >= 15 is 0 Å². The van der Waals surface area contributed by atoms with E-state index in [0.717, 1.165) is 34.6 Å². The standard InChI is InChI=1S/C27H25ClN2O3/c1-32-20-10-6-18(7-11-20)16-30(17-19-8-12-21(33-2)13-9-19)25-14-24(28)22-4-3-5-26(31)27(22)23(25)15-29/h6-14H,3-5,16-17H2,1-2H3. The Labute approximate surface area is 199 Å². The smallest absolute Gasteiger partial charge is 0.164 e. The molecule has 0 fully saturated rings. The van der Waals surface area contributed by atoms with Crippen LogP contribution >= 0.6 is 11.6 Å². The number of hydrogen-bond donors (Lipinski definition) is 0. The quantitative estimate of drug-likeness (QED) is 0.435. The Hall–Kier alpha value is -3.49. The van der Waals surface area contributed by atoms with Gasteiger partial charge in [-0.25, -0.2) is 0 Å². The number of ketones is 1. The van der Waals surface area contributed by atoms with Gasteiger partial charge in [0.25, 0.3) is 0 Å². The maximum atomic E-state index is 12.8. The molecule has 3 aromatic rings. The normalized spacial score (nSPS) is 12.6. The van der Waals surface area contributed by atoms with Crippen LogP contribution in [0.25, 0.3) is 0 Å². The predicted octanol–water partition coefficient (Wildman–Crippen LogP) is 5.95. The van der Waals surface area contributed by atoms with Gasteiger partial charge in [-0.1, -0.05) is 35.9 Å². The lowest BCUT2D eigenvalue weighted by Crippen LogP contribution is -2.25. The van der Waals surface area contributed by atoms with Gasteiger partial charge in [0.2, 0.25) is 0 Å². The Morgan fingerprint density at radius 3 is 1.97 bits per heavy atom. The number of carbonyl (C=O) groups is 1. The minimum Gasteiger partial charge on any atom is -0.497 e. The number of anilines is 1. The SMILES string of the molecule is COc1ccc(CN(Cc2ccc(OC)cc2)c2cc(Cl)c3c(c2C#N)C(=O)CCC3)cc1. The van der Waals surface area contributed by atoms with Crippen molar-refractivity contribution in [2.24, 2.45) is 0 Å². The zero-order valence-electron chi connectivity index (χ0n) is 18.7. The van der Waals surface area contributed by atoms with Crippen LogP contribution in [0.1, 0.15) is 45.5 Å². The molecule has 0 spiro atoms. The first-order valence-electron chi connectivity index (χ1n) is 10.8. The molecule has 0 bridgehead atoms. The van der Waals surface area contributed by atoms with E-state index in [2.05, 4.69) is 11.0 Å². The second-order valence-corrected chi connectivity index (χ2v) is 8.45. The number of nitrogens with zero attached hydrogens (tertiary/aromatic N) is 2. The van der Waals surface area contributed by atoms with Crippen molar-refractivity contribution < 1.29 is 14.3 Å². The zero-order chi connectivity index (χ0) is 23.4. The summed E-state index contributed by atoms with van der Waals surface area (Å²) in [6.45, 7) is 1.07. The number of rotatable bonds is 7. The highest BCUT2D eigenvalue weighted by Crippen LogP contribution is 2.38. The van der Waals surface area contributed by atoms with Gasteiger partial charge in [0.05, 0.1) is 25.5 Å². The first kappa shape index (κ1) is 22.7. The number of carbonyl (C=O) groups excluding carboxylic acids is 1. The molecule has 0 radical (unpaired) electrons. The van der Waals surface area contributed by atoms with Crippen molar-refractivity contribution in [1.29, 1.82) is 5.26 Å². The molecular formula is C27H25ClN2O3. The Morgan fingerprint density at radius 1 is 0.939 bits per heavy atom. The number of benzene rings is 3. The van der Waals surface area contributed by atoms with E-state index < -0.39 is 0 Å². The molecule has 0 atom stereocenters. The highest BCUT2D eigenvalue weighted by atomic mass is 35.5. The fourth-order valence-corrected chi connectivity index (χ4v) is 4.56.